The molecule has 0 N–H and O–H groups in total. The minimum absolute atomic E-state index is 0.0184. The molecule has 7 rings (SSSR count). The Labute approximate surface area is 279 Å². The summed E-state index contributed by atoms with van der Waals surface area (Å²) in [4.78, 5) is 30.6. The molecule has 1 aliphatic carbocycles. The molecule has 0 spiro atoms. The molecule has 0 bridgehead atoms. The minimum Gasteiger partial charge on any atom is -0.497 e. The maximum absolute atomic E-state index is 14.3. The molecule has 10 nitrogen and oxygen atoms in total. The van der Waals surface area contributed by atoms with E-state index < -0.39 is 11.0 Å². The quantitative estimate of drug-likeness (QED) is 0.144. The molecule has 11 heteroatoms. The molecule has 5 aromatic rings. The highest BCUT2D eigenvalue weighted by molar-refractivity contribution is 7.07. The first-order valence-electron chi connectivity index (χ1n) is 15.3. The Hall–Kier alpha value is -5.68. The largest absolute Gasteiger partial charge is 0.497 e. The Morgan fingerprint density at radius 1 is 0.917 bits per heavy atom. The first-order valence-corrected chi connectivity index (χ1v) is 16.1. The number of ether oxygens (including phenoxy) is 4. The average Bonchev–Trinajstić information content (AvgIpc) is 3.43. The highest BCUT2D eigenvalue weighted by Gasteiger charge is 2.34. The van der Waals surface area contributed by atoms with Gasteiger partial charge < -0.3 is 18.9 Å². The van der Waals surface area contributed by atoms with Gasteiger partial charge in [0, 0.05) is 23.3 Å². The van der Waals surface area contributed by atoms with E-state index in [4.69, 9.17) is 23.9 Å². The number of rotatable bonds is 9. The predicted molar refractivity (Wildman–Crippen MR) is 183 cm³/mol. The SMILES string of the molecule is COc1ccc(OC)c(C2C3=C(N=c4sc(=Cc5ccc(OCc6ccc([N+](=O)[O-])cc6)c(OC)c5)c(=O)n42)c2ccccc2CC3)c1. The Bertz CT molecular complexity index is 2270. The zero-order valence-electron chi connectivity index (χ0n) is 26.5. The van der Waals surface area contributed by atoms with Crippen LogP contribution >= 0.6 is 11.3 Å². The smallest absolute Gasteiger partial charge is 0.271 e. The molecule has 48 heavy (non-hydrogen) atoms. The second kappa shape index (κ2) is 12.8. The van der Waals surface area contributed by atoms with Gasteiger partial charge in [-0.05, 0) is 83.6 Å². The lowest BCUT2D eigenvalue weighted by Crippen LogP contribution is -2.39. The van der Waals surface area contributed by atoms with Crippen molar-refractivity contribution in [3.63, 3.8) is 0 Å². The van der Waals surface area contributed by atoms with Gasteiger partial charge in [0.1, 0.15) is 18.1 Å². The van der Waals surface area contributed by atoms with Gasteiger partial charge >= 0.3 is 0 Å². The minimum atomic E-state index is -0.438. The Balaban J connectivity index is 1.30. The Morgan fingerprint density at radius 3 is 2.44 bits per heavy atom. The highest BCUT2D eigenvalue weighted by Crippen LogP contribution is 2.44. The van der Waals surface area contributed by atoms with Gasteiger partial charge in [-0.15, -0.1) is 0 Å². The number of benzene rings is 4. The lowest BCUT2D eigenvalue weighted by Gasteiger charge is -2.31. The number of hydrogen-bond acceptors (Lipinski definition) is 9. The van der Waals surface area contributed by atoms with Gasteiger partial charge in [-0.3, -0.25) is 19.5 Å². The first kappa shape index (κ1) is 30.9. The molecule has 2 heterocycles. The summed E-state index contributed by atoms with van der Waals surface area (Å²) < 4.78 is 25.3. The number of nitro groups is 1. The van der Waals surface area contributed by atoms with Gasteiger partial charge in [-0.1, -0.05) is 41.7 Å². The fraction of sp³-hybridized carbons (Fsp3) is 0.189. The molecule has 0 fully saturated rings. The van der Waals surface area contributed by atoms with E-state index in [1.165, 1.54) is 29.0 Å². The number of non-ortho nitro benzene ring substituents is 1. The third-order valence-electron chi connectivity index (χ3n) is 8.63. The van der Waals surface area contributed by atoms with Gasteiger partial charge in [0.15, 0.2) is 16.3 Å². The van der Waals surface area contributed by atoms with E-state index in [2.05, 4.69) is 12.1 Å². The summed E-state index contributed by atoms with van der Waals surface area (Å²) in [6, 6.07) is 25.2. The molecule has 0 amide bonds. The van der Waals surface area contributed by atoms with Crippen LogP contribution in [-0.2, 0) is 13.0 Å². The zero-order valence-corrected chi connectivity index (χ0v) is 27.3. The first-order chi connectivity index (χ1) is 23.4. The normalized spacial score (nSPS) is 15.1. The average molecular weight is 662 g/mol. The van der Waals surface area contributed by atoms with Gasteiger partial charge in [0.05, 0.1) is 42.5 Å². The fourth-order valence-corrected chi connectivity index (χ4v) is 7.27. The standard InChI is InChI=1S/C37H31N3O7S/c1-44-26-14-17-30(45-2)29(20-26)35-28-15-11-24-6-4-5-7-27(24)34(28)38-37-39(35)36(41)33(48-37)19-23-10-16-31(32(18-23)46-3)47-21-22-8-12-25(13-9-22)40(42)43/h4-10,12-14,16-20,35H,11,15,21H2,1-3H3. The molecule has 2 aliphatic rings. The van der Waals surface area contributed by atoms with Gasteiger partial charge in [0.2, 0.25) is 0 Å². The van der Waals surface area contributed by atoms with Crippen molar-refractivity contribution in [1.82, 2.24) is 4.57 Å². The molecule has 0 saturated heterocycles. The molecule has 242 valence electrons. The van der Waals surface area contributed by atoms with Crippen molar-refractivity contribution in [1.29, 1.82) is 0 Å². The van der Waals surface area contributed by atoms with E-state index in [0.717, 1.165) is 46.4 Å². The number of methoxy groups -OCH3 is 3. The van der Waals surface area contributed by atoms with E-state index in [1.807, 2.05) is 48.5 Å². The van der Waals surface area contributed by atoms with Gasteiger partial charge in [-0.25, -0.2) is 4.99 Å². The summed E-state index contributed by atoms with van der Waals surface area (Å²) in [7, 11) is 4.81. The number of allylic oxidation sites excluding steroid dienone is 1. The van der Waals surface area contributed by atoms with Crippen molar-refractivity contribution in [2.75, 3.05) is 21.3 Å². The zero-order chi connectivity index (χ0) is 33.4. The third-order valence-corrected chi connectivity index (χ3v) is 9.61. The van der Waals surface area contributed by atoms with Crippen LogP contribution in [-0.4, -0.2) is 30.8 Å². The predicted octanol–water partition coefficient (Wildman–Crippen LogP) is 5.83. The van der Waals surface area contributed by atoms with Crippen LogP contribution in [0.3, 0.4) is 0 Å². The molecule has 0 saturated carbocycles. The molecule has 1 unspecified atom stereocenters. The van der Waals surface area contributed by atoms with Gasteiger partial charge in [0.25, 0.3) is 11.2 Å². The number of nitro benzene ring substituents is 1. The number of aryl methyl sites for hydroxylation is 1. The second-order valence-electron chi connectivity index (χ2n) is 11.3. The Kier molecular flexibility index (Phi) is 8.28. The number of thiazole rings is 1. The molecular weight excluding hydrogens is 630 g/mol. The molecule has 0 radical (unpaired) electrons. The molecule has 1 atom stereocenters. The fourth-order valence-electron chi connectivity index (χ4n) is 6.27. The summed E-state index contributed by atoms with van der Waals surface area (Å²) in [5.41, 5.74) is 6.51. The van der Waals surface area contributed by atoms with Crippen LogP contribution in [0, 0.1) is 10.1 Å². The van der Waals surface area contributed by atoms with E-state index in [-0.39, 0.29) is 17.9 Å². The van der Waals surface area contributed by atoms with Crippen LogP contribution in [0.2, 0.25) is 0 Å². The van der Waals surface area contributed by atoms with Crippen molar-refractivity contribution in [3.8, 4) is 23.0 Å². The van der Waals surface area contributed by atoms with E-state index in [9.17, 15) is 14.9 Å². The van der Waals surface area contributed by atoms with Crippen LogP contribution in [0.15, 0.2) is 100 Å². The molecule has 4 aromatic carbocycles. The summed E-state index contributed by atoms with van der Waals surface area (Å²) in [5, 5.41) is 11.0. The van der Waals surface area contributed by atoms with E-state index >= 15 is 0 Å². The topological polar surface area (TPSA) is 114 Å². The van der Waals surface area contributed by atoms with Crippen LogP contribution in [0.5, 0.6) is 23.0 Å². The number of fused-ring (bicyclic) bond motifs is 3. The molecule has 1 aromatic heterocycles. The summed E-state index contributed by atoms with van der Waals surface area (Å²) in [6.07, 6.45) is 3.43. The van der Waals surface area contributed by atoms with Crippen molar-refractivity contribution in [2.24, 2.45) is 4.99 Å². The second-order valence-corrected chi connectivity index (χ2v) is 12.4. The van der Waals surface area contributed by atoms with Crippen LogP contribution in [0.25, 0.3) is 11.8 Å². The summed E-state index contributed by atoms with van der Waals surface area (Å²) in [5.74, 6) is 2.33. The summed E-state index contributed by atoms with van der Waals surface area (Å²) >= 11 is 1.34. The van der Waals surface area contributed by atoms with Crippen LogP contribution < -0.4 is 33.8 Å². The molecular formula is C37H31N3O7S. The number of aromatic nitrogens is 1. The van der Waals surface area contributed by atoms with Crippen molar-refractivity contribution in [2.45, 2.75) is 25.5 Å². The maximum Gasteiger partial charge on any atom is 0.271 e. The lowest BCUT2D eigenvalue weighted by atomic mass is 9.83. The molecule has 1 aliphatic heterocycles. The van der Waals surface area contributed by atoms with Gasteiger partial charge in [-0.2, -0.15) is 0 Å². The number of nitrogens with zero attached hydrogens (tertiary/aromatic N) is 3. The third kappa shape index (κ3) is 5.62. The monoisotopic (exact) mass is 661 g/mol. The van der Waals surface area contributed by atoms with E-state index in [0.29, 0.717) is 32.3 Å². The van der Waals surface area contributed by atoms with Crippen molar-refractivity contribution in [3.05, 3.63) is 148 Å². The number of hydrogen-bond donors (Lipinski definition) is 0. The van der Waals surface area contributed by atoms with Crippen LogP contribution in [0.4, 0.5) is 5.69 Å². The van der Waals surface area contributed by atoms with Crippen molar-refractivity contribution >= 4 is 28.8 Å². The van der Waals surface area contributed by atoms with Crippen molar-refractivity contribution < 1.29 is 23.9 Å². The summed E-state index contributed by atoms with van der Waals surface area (Å²) in [6.45, 7) is 0.202. The maximum atomic E-state index is 14.3. The lowest BCUT2D eigenvalue weighted by molar-refractivity contribution is -0.384. The van der Waals surface area contributed by atoms with E-state index in [1.54, 1.807) is 44.1 Å². The van der Waals surface area contributed by atoms with Crippen LogP contribution in [0.1, 0.15) is 40.3 Å². The highest BCUT2D eigenvalue weighted by atomic mass is 32.1. The Morgan fingerprint density at radius 2 is 1.69 bits per heavy atom.